The van der Waals surface area contributed by atoms with Crippen LogP contribution in [0.1, 0.15) is 34.2 Å². The van der Waals surface area contributed by atoms with E-state index >= 15 is 0 Å². The van der Waals surface area contributed by atoms with E-state index in [9.17, 15) is 4.79 Å². The van der Waals surface area contributed by atoms with Gasteiger partial charge in [-0.3, -0.25) is 4.79 Å². The van der Waals surface area contributed by atoms with Crippen molar-refractivity contribution in [2.24, 2.45) is 0 Å². The van der Waals surface area contributed by atoms with Gasteiger partial charge < -0.3 is 10.1 Å². The van der Waals surface area contributed by atoms with Crippen molar-refractivity contribution < 1.29 is 9.53 Å². The number of hydrogen-bond donors (Lipinski definition) is 1. The number of para-hydroxylation sites is 2. The summed E-state index contributed by atoms with van der Waals surface area (Å²) < 4.78 is 6.05. The summed E-state index contributed by atoms with van der Waals surface area (Å²) in [5, 5.41) is 3.31. The summed E-state index contributed by atoms with van der Waals surface area (Å²) in [5.74, 6) is 0.983. The topological polar surface area (TPSA) is 38.3 Å². The van der Waals surface area contributed by atoms with Crippen molar-refractivity contribution in [3.8, 4) is 11.5 Å². The molecule has 3 nitrogen and oxygen atoms in total. The van der Waals surface area contributed by atoms with E-state index in [0.717, 1.165) is 33.8 Å². The van der Waals surface area contributed by atoms with Gasteiger partial charge in [0.2, 0.25) is 5.91 Å². The predicted octanol–water partition coefficient (Wildman–Crippen LogP) is 6.25. The van der Waals surface area contributed by atoms with Crippen LogP contribution < -0.4 is 10.1 Å². The Kier molecular flexibility index (Phi) is 6.06. The molecule has 0 fully saturated rings. The van der Waals surface area contributed by atoms with E-state index < -0.39 is 5.92 Å². The molecule has 1 aliphatic heterocycles. The summed E-state index contributed by atoms with van der Waals surface area (Å²) >= 11 is 0. The average Bonchev–Trinajstić information content (AvgIpc) is 2.82. The zero-order valence-electron chi connectivity index (χ0n) is 16.8. The van der Waals surface area contributed by atoms with Gasteiger partial charge in [-0.2, -0.15) is 0 Å². The summed E-state index contributed by atoms with van der Waals surface area (Å²) in [4.78, 5) is 13.7. The fourth-order valence-corrected chi connectivity index (χ4v) is 4.07. The van der Waals surface area contributed by atoms with Gasteiger partial charge in [0.15, 0.2) is 0 Å². The number of amides is 1. The molecule has 0 saturated heterocycles. The third kappa shape index (κ3) is 4.05. The fraction of sp³-hybridized carbons (Fsp3) is 0.0741. The monoisotopic (exact) mass is 427 g/mol. The normalized spacial score (nSPS) is 12.2. The maximum atomic E-state index is 13.7. The van der Waals surface area contributed by atoms with Crippen LogP contribution in [0.3, 0.4) is 0 Å². The van der Waals surface area contributed by atoms with Crippen molar-refractivity contribution in [2.75, 3.05) is 0 Å². The molecule has 4 aromatic rings. The van der Waals surface area contributed by atoms with Gasteiger partial charge in [-0.05, 0) is 23.3 Å². The van der Waals surface area contributed by atoms with E-state index in [1.165, 1.54) is 0 Å². The highest BCUT2D eigenvalue weighted by atomic mass is 35.5. The second-order valence-electron chi connectivity index (χ2n) is 7.37. The molecule has 0 atom stereocenters. The van der Waals surface area contributed by atoms with Crippen LogP contribution in [-0.2, 0) is 4.79 Å². The van der Waals surface area contributed by atoms with E-state index in [4.69, 9.17) is 4.74 Å². The summed E-state index contributed by atoms with van der Waals surface area (Å²) in [7, 11) is 0. The highest BCUT2D eigenvalue weighted by molar-refractivity contribution is 5.90. The Morgan fingerprint density at radius 3 is 1.55 bits per heavy atom. The highest BCUT2D eigenvalue weighted by Gasteiger charge is 2.33. The molecule has 1 N–H and O–H groups in total. The van der Waals surface area contributed by atoms with Crippen LogP contribution in [-0.4, -0.2) is 5.91 Å². The van der Waals surface area contributed by atoms with E-state index in [-0.39, 0.29) is 24.4 Å². The van der Waals surface area contributed by atoms with Crippen LogP contribution in [0.15, 0.2) is 109 Å². The maximum absolute atomic E-state index is 13.7. The minimum absolute atomic E-state index is 0. The molecule has 1 heterocycles. The summed E-state index contributed by atoms with van der Waals surface area (Å²) in [6.45, 7) is 0. The van der Waals surface area contributed by atoms with Gasteiger partial charge in [0.25, 0.3) is 0 Å². The number of carbonyl (C=O) groups excluding carboxylic acids is 1. The lowest BCUT2D eigenvalue weighted by Crippen LogP contribution is -2.35. The molecule has 31 heavy (non-hydrogen) atoms. The van der Waals surface area contributed by atoms with E-state index in [1.54, 1.807) is 0 Å². The Balaban J connectivity index is 0.00000231. The Bertz CT molecular complexity index is 1090. The number of benzene rings is 4. The van der Waals surface area contributed by atoms with Gasteiger partial charge in [0.1, 0.15) is 11.5 Å². The van der Waals surface area contributed by atoms with Gasteiger partial charge in [0.05, 0.1) is 12.0 Å². The zero-order chi connectivity index (χ0) is 20.3. The van der Waals surface area contributed by atoms with Gasteiger partial charge in [0, 0.05) is 11.1 Å². The van der Waals surface area contributed by atoms with Crippen LogP contribution >= 0.6 is 12.4 Å². The first-order valence-corrected chi connectivity index (χ1v) is 10.1. The Hall–Kier alpha value is -3.56. The molecule has 1 amide bonds. The van der Waals surface area contributed by atoms with E-state index in [1.807, 2.05) is 109 Å². The molecule has 0 saturated carbocycles. The van der Waals surface area contributed by atoms with Crippen molar-refractivity contribution >= 4 is 18.3 Å². The fourth-order valence-electron chi connectivity index (χ4n) is 4.07. The van der Waals surface area contributed by atoms with Crippen molar-refractivity contribution in [3.63, 3.8) is 0 Å². The molecular weight excluding hydrogens is 406 g/mol. The first-order valence-electron chi connectivity index (χ1n) is 10.1. The predicted molar refractivity (Wildman–Crippen MR) is 125 cm³/mol. The first kappa shape index (κ1) is 20.7. The number of rotatable bonds is 4. The molecule has 0 spiro atoms. The van der Waals surface area contributed by atoms with Gasteiger partial charge >= 0.3 is 0 Å². The maximum Gasteiger partial charge on any atom is 0.233 e. The molecule has 0 aromatic heterocycles. The van der Waals surface area contributed by atoms with Crippen LogP contribution in [0.25, 0.3) is 0 Å². The summed E-state index contributed by atoms with van der Waals surface area (Å²) in [6, 6.07) is 35.4. The third-order valence-electron chi connectivity index (χ3n) is 5.49. The standard InChI is InChI=1S/C27H21NO2.ClH/c29-27(28-26(19-11-3-1-4-12-19)20-13-5-2-6-14-20)25-21-15-7-9-17-23(21)30-24-18-10-8-16-22(24)25;/h1-18,25-26H,(H,28,29);1H. The van der Waals surface area contributed by atoms with E-state index in [2.05, 4.69) is 5.32 Å². The average molecular weight is 428 g/mol. The minimum Gasteiger partial charge on any atom is -0.457 e. The molecule has 0 aliphatic carbocycles. The van der Waals surface area contributed by atoms with Crippen LogP contribution in [0.2, 0.25) is 0 Å². The van der Waals surface area contributed by atoms with Gasteiger partial charge in [-0.15, -0.1) is 12.4 Å². The Morgan fingerprint density at radius 2 is 1.06 bits per heavy atom. The number of ether oxygens (including phenoxy) is 1. The number of carbonyl (C=O) groups is 1. The minimum atomic E-state index is -0.430. The second kappa shape index (κ2) is 9.07. The lowest BCUT2D eigenvalue weighted by molar-refractivity contribution is -0.122. The molecular formula is C27H22ClNO2. The number of fused-ring (bicyclic) bond motifs is 2. The largest absolute Gasteiger partial charge is 0.457 e. The number of halogens is 1. The molecule has 154 valence electrons. The molecule has 5 rings (SSSR count). The molecule has 0 bridgehead atoms. The molecule has 4 heteroatoms. The second-order valence-corrected chi connectivity index (χ2v) is 7.37. The zero-order valence-corrected chi connectivity index (χ0v) is 17.6. The third-order valence-corrected chi connectivity index (χ3v) is 5.49. The molecule has 4 aromatic carbocycles. The SMILES string of the molecule is Cl.O=C(NC(c1ccccc1)c1ccccc1)C1c2ccccc2Oc2ccccc21. The van der Waals surface area contributed by atoms with Crippen molar-refractivity contribution in [1.82, 2.24) is 5.32 Å². The molecule has 0 radical (unpaired) electrons. The quantitative estimate of drug-likeness (QED) is 0.418. The van der Waals surface area contributed by atoms with Crippen LogP contribution in [0, 0.1) is 0 Å². The lowest BCUT2D eigenvalue weighted by atomic mass is 9.86. The Morgan fingerprint density at radius 1 is 0.645 bits per heavy atom. The van der Waals surface area contributed by atoms with Gasteiger partial charge in [-0.25, -0.2) is 0 Å². The Labute approximate surface area is 188 Å². The summed E-state index contributed by atoms with van der Waals surface area (Å²) in [6.07, 6.45) is 0. The van der Waals surface area contributed by atoms with Gasteiger partial charge in [-0.1, -0.05) is 97.1 Å². The van der Waals surface area contributed by atoms with Crippen molar-refractivity contribution in [2.45, 2.75) is 12.0 Å². The smallest absolute Gasteiger partial charge is 0.233 e. The molecule has 0 unspecified atom stereocenters. The lowest BCUT2D eigenvalue weighted by Gasteiger charge is -2.29. The number of nitrogens with one attached hydrogen (secondary N) is 1. The number of hydrogen-bond acceptors (Lipinski definition) is 2. The van der Waals surface area contributed by atoms with Crippen molar-refractivity contribution in [1.29, 1.82) is 0 Å². The first-order chi connectivity index (χ1) is 14.8. The van der Waals surface area contributed by atoms with Crippen LogP contribution in [0.5, 0.6) is 11.5 Å². The highest BCUT2D eigenvalue weighted by Crippen LogP contribution is 2.44. The molecule has 1 aliphatic rings. The van der Waals surface area contributed by atoms with Crippen molar-refractivity contribution in [3.05, 3.63) is 131 Å². The van der Waals surface area contributed by atoms with E-state index in [0.29, 0.717) is 0 Å². The van der Waals surface area contributed by atoms with Crippen LogP contribution in [0.4, 0.5) is 0 Å². The summed E-state index contributed by atoms with van der Waals surface area (Å²) in [5.41, 5.74) is 3.86.